The molecule has 1 aromatic rings. The number of rotatable bonds is 6. The second-order valence-electron chi connectivity index (χ2n) is 3.96. The zero-order valence-corrected chi connectivity index (χ0v) is 8.75. The minimum Gasteiger partial charge on any atom is -0.364 e. The summed E-state index contributed by atoms with van der Waals surface area (Å²) in [6.07, 6.45) is 4.78. The average molecular weight is 207 g/mol. The molecule has 4 nitrogen and oxygen atoms in total. The van der Waals surface area contributed by atoms with Gasteiger partial charge in [0.05, 0.1) is 0 Å². The minimum atomic E-state index is 0.163. The van der Waals surface area contributed by atoms with Crippen molar-refractivity contribution in [3.63, 3.8) is 0 Å². The number of aromatic nitrogens is 1. The summed E-state index contributed by atoms with van der Waals surface area (Å²) in [5, 5.41) is 6.18. The monoisotopic (exact) mass is 207 g/mol. The summed E-state index contributed by atoms with van der Waals surface area (Å²) in [6, 6.07) is 4.47. The van der Waals surface area contributed by atoms with E-state index in [1.165, 1.54) is 0 Å². The van der Waals surface area contributed by atoms with Crippen molar-refractivity contribution < 1.29 is 4.79 Å². The summed E-state index contributed by atoms with van der Waals surface area (Å²) in [6.45, 7) is 1.53. The molecule has 0 bridgehead atoms. The molecule has 15 heavy (non-hydrogen) atoms. The highest BCUT2D eigenvalue weighted by Crippen LogP contribution is 2.18. The molecule has 0 radical (unpaired) electrons. The third kappa shape index (κ3) is 3.75. The lowest BCUT2D eigenvalue weighted by Crippen LogP contribution is -2.29. The maximum absolute atomic E-state index is 11.3. The van der Waals surface area contributed by atoms with Crippen molar-refractivity contribution in [3.8, 4) is 0 Å². The molecule has 0 aliphatic heterocycles. The third-order valence-corrected chi connectivity index (χ3v) is 2.45. The van der Waals surface area contributed by atoms with Crippen LogP contribution in [0.3, 0.4) is 0 Å². The molecule has 2 rings (SSSR count). The summed E-state index contributed by atoms with van der Waals surface area (Å²) in [7, 11) is 0. The fourth-order valence-electron chi connectivity index (χ4n) is 1.43. The number of hydrogen-bond acceptors (Lipinski definition) is 2. The van der Waals surface area contributed by atoms with Gasteiger partial charge in [0.25, 0.3) is 0 Å². The molecule has 1 aliphatic carbocycles. The molecule has 1 saturated carbocycles. The van der Waals surface area contributed by atoms with Gasteiger partial charge in [-0.15, -0.1) is 0 Å². The Morgan fingerprint density at radius 3 is 3.07 bits per heavy atom. The van der Waals surface area contributed by atoms with E-state index < -0.39 is 0 Å². The zero-order chi connectivity index (χ0) is 10.5. The molecule has 0 aromatic carbocycles. The molecule has 82 valence electrons. The standard InChI is InChI=1S/C11H17N3O/c15-11(14-9-3-4-9)5-7-12-8-10-2-1-6-13-10/h1-2,6,9,12-13H,3-5,7-8H2,(H,14,15). The predicted octanol–water partition coefficient (Wildman–Crippen LogP) is 0.773. The predicted molar refractivity (Wildman–Crippen MR) is 58.3 cm³/mol. The van der Waals surface area contributed by atoms with Crippen LogP contribution in [0.1, 0.15) is 25.0 Å². The van der Waals surface area contributed by atoms with E-state index in [2.05, 4.69) is 15.6 Å². The van der Waals surface area contributed by atoms with Crippen molar-refractivity contribution in [1.82, 2.24) is 15.6 Å². The highest BCUT2D eigenvalue weighted by Gasteiger charge is 2.22. The summed E-state index contributed by atoms with van der Waals surface area (Å²) >= 11 is 0. The van der Waals surface area contributed by atoms with Gasteiger partial charge in [-0.05, 0) is 25.0 Å². The van der Waals surface area contributed by atoms with Gasteiger partial charge in [0.2, 0.25) is 5.91 Å². The Labute approximate surface area is 89.5 Å². The number of aromatic amines is 1. The van der Waals surface area contributed by atoms with Gasteiger partial charge in [-0.2, -0.15) is 0 Å². The molecule has 0 unspecified atom stereocenters. The first-order chi connectivity index (χ1) is 7.34. The van der Waals surface area contributed by atoms with E-state index in [1.807, 2.05) is 18.3 Å². The minimum absolute atomic E-state index is 0.163. The van der Waals surface area contributed by atoms with Crippen molar-refractivity contribution >= 4 is 5.91 Å². The van der Waals surface area contributed by atoms with Crippen molar-refractivity contribution in [1.29, 1.82) is 0 Å². The average Bonchev–Trinajstić information content (AvgIpc) is 2.87. The fourth-order valence-corrected chi connectivity index (χ4v) is 1.43. The van der Waals surface area contributed by atoms with Crippen LogP contribution >= 0.6 is 0 Å². The van der Waals surface area contributed by atoms with Gasteiger partial charge >= 0.3 is 0 Å². The van der Waals surface area contributed by atoms with E-state index in [1.54, 1.807) is 0 Å². The van der Waals surface area contributed by atoms with Crippen LogP contribution in [0.15, 0.2) is 18.3 Å². The van der Waals surface area contributed by atoms with Gasteiger partial charge in [0.15, 0.2) is 0 Å². The van der Waals surface area contributed by atoms with Crippen LogP contribution in [0, 0.1) is 0 Å². The summed E-state index contributed by atoms with van der Waals surface area (Å²) in [5.41, 5.74) is 1.15. The lowest BCUT2D eigenvalue weighted by atomic mass is 10.3. The van der Waals surface area contributed by atoms with Crippen molar-refractivity contribution in [2.24, 2.45) is 0 Å². The van der Waals surface area contributed by atoms with Crippen molar-refractivity contribution in [2.75, 3.05) is 6.54 Å². The Balaban J connectivity index is 1.52. The molecule has 1 fully saturated rings. The smallest absolute Gasteiger partial charge is 0.221 e. The van der Waals surface area contributed by atoms with Crippen LogP contribution in [0.25, 0.3) is 0 Å². The van der Waals surface area contributed by atoms with Gasteiger partial charge in [0.1, 0.15) is 0 Å². The van der Waals surface area contributed by atoms with Crippen LogP contribution < -0.4 is 10.6 Å². The molecule has 4 heteroatoms. The molecular weight excluding hydrogens is 190 g/mol. The quantitative estimate of drug-likeness (QED) is 0.604. The number of carbonyl (C=O) groups excluding carboxylic acids is 1. The Kier molecular flexibility index (Phi) is 3.40. The SMILES string of the molecule is O=C(CCNCc1ccc[nH]1)NC1CC1. The summed E-state index contributed by atoms with van der Waals surface area (Å²) in [5.74, 6) is 0.163. The van der Waals surface area contributed by atoms with Gasteiger partial charge in [0, 0.05) is 37.4 Å². The lowest BCUT2D eigenvalue weighted by Gasteiger charge is -2.04. The largest absolute Gasteiger partial charge is 0.364 e. The van der Waals surface area contributed by atoms with Crippen LogP contribution in [0.5, 0.6) is 0 Å². The topological polar surface area (TPSA) is 56.9 Å². The number of H-pyrrole nitrogens is 1. The first-order valence-corrected chi connectivity index (χ1v) is 5.47. The number of carbonyl (C=O) groups is 1. The molecule has 1 aromatic heterocycles. The Morgan fingerprint density at radius 1 is 1.53 bits per heavy atom. The normalized spacial score (nSPS) is 15.2. The number of amides is 1. The molecule has 0 atom stereocenters. The van der Waals surface area contributed by atoms with Crippen LogP contribution in [0.4, 0.5) is 0 Å². The van der Waals surface area contributed by atoms with Crippen LogP contribution in [-0.2, 0) is 11.3 Å². The van der Waals surface area contributed by atoms with Gasteiger partial charge in [-0.3, -0.25) is 4.79 Å². The maximum Gasteiger partial charge on any atom is 0.221 e. The van der Waals surface area contributed by atoms with Crippen LogP contribution in [0.2, 0.25) is 0 Å². The second kappa shape index (κ2) is 4.98. The van der Waals surface area contributed by atoms with E-state index >= 15 is 0 Å². The molecule has 1 heterocycles. The molecule has 1 aliphatic rings. The lowest BCUT2D eigenvalue weighted by molar-refractivity contribution is -0.121. The Hall–Kier alpha value is -1.29. The van der Waals surface area contributed by atoms with E-state index in [-0.39, 0.29) is 5.91 Å². The molecular formula is C11H17N3O. The van der Waals surface area contributed by atoms with E-state index in [4.69, 9.17) is 0 Å². The first-order valence-electron chi connectivity index (χ1n) is 5.47. The third-order valence-electron chi connectivity index (χ3n) is 2.45. The number of nitrogens with one attached hydrogen (secondary N) is 3. The van der Waals surface area contributed by atoms with Gasteiger partial charge < -0.3 is 15.6 Å². The van der Waals surface area contributed by atoms with Crippen molar-refractivity contribution in [3.05, 3.63) is 24.0 Å². The summed E-state index contributed by atoms with van der Waals surface area (Å²) in [4.78, 5) is 14.4. The van der Waals surface area contributed by atoms with E-state index in [0.29, 0.717) is 12.5 Å². The second-order valence-corrected chi connectivity index (χ2v) is 3.96. The Morgan fingerprint density at radius 2 is 2.40 bits per heavy atom. The maximum atomic E-state index is 11.3. The van der Waals surface area contributed by atoms with E-state index in [0.717, 1.165) is 31.6 Å². The molecule has 0 spiro atoms. The Bertz CT molecular complexity index is 304. The van der Waals surface area contributed by atoms with E-state index in [9.17, 15) is 4.79 Å². The summed E-state index contributed by atoms with van der Waals surface area (Å²) < 4.78 is 0. The highest BCUT2D eigenvalue weighted by molar-refractivity contribution is 5.76. The molecule has 1 amide bonds. The van der Waals surface area contributed by atoms with Gasteiger partial charge in [-0.1, -0.05) is 0 Å². The van der Waals surface area contributed by atoms with Gasteiger partial charge in [-0.25, -0.2) is 0 Å². The molecule has 3 N–H and O–H groups in total. The van der Waals surface area contributed by atoms with Crippen LogP contribution in [-0.4, -0.2) is 23.5 Å². The fraction of sp³-hybridized carbons (Fsp3) is 0.545. The highest BCUT2D eigenvalue weighted by atomic mass is 16.1. The zero-order valence-electron chi connectivity index (χ0n) is 8.75. The molecule has 0 saturated heterocycles. The number of hydrogen-bond donors (Lipinski definition) is 3. The first kappa shape index (κ1) is 10.2. The van der Waals surface area contributed by atoms with Crippen molar-refractivity contribution in [2.45, 2.75) is 31.8 Å².